The fourth-order valence-electron chi connectivity index (χ4n) is 4.86. The minimum Gasteiger partial charge on any atom is -0.374 e. The molecule has 2 N–H and O–H groups in total. The number of nitrogens with one attached hydrogen (secondary N) is 2. The monoisotopic (exact) mass is 288 g/mol. The second-order valence-electron chi connectivity index (χ2n) is 7.00. The van der Waals surface area contributed by atoms with E-state index in [4.69, 9.17) is 4.74 Å². The molecule has 0 aromatic heterocycles. The number of hydrogen-bond acceptors (Lipinski definition) is 3. The van der Waals surface area contributed by atoms with E-state index >= 15 is 0 Å². The number of rotatable bonds is 2. The Morgan fingerprint density at radius 2 is 2.14 bits per heavy atom. The number of carbonyl (C=O) groups is 2. The van der Waals surface area contributed by atoms with Crippen LogP contribution in [0.15, 0.2) is 24.4 Å². The molecule has 1 aliphatic carbocycles. The molecule has 2 amide bonds. The van der Waals surface area contributed by atoms with E-state index in [1.165, 1.54) is 0 Å². The van der Waals surface area contributed by atoms with Crippen molar-refractivity contribution in [2.45, 2.75) is 31.9 Å². The normalized spacial score (nSPS) is 46.3. The molecule has 21 heavy (non-hydrogen) atoms. The van der Waals surface area contributed by atoms with E-state index in [1.54, 1.807) is 12.3 Å². The van der Waals surface area contributed by atoms with E-state index in [1.807, 2.05) is 12.2 Å². The summed E-state index contributed by atoms with van der Waals surface area (Å²) in [7, 11) is 0. The van der Waals surface area contributed by atoms with Crippen LogP contribution >= 0.6 is 0 Å². The summed E-state index contributed by atoms with van der Waals surface area (Å²) < 4.78 is 6.05. The molecular formula is C16H20N2O3. The molecule has 1 saturated carbocycles. The van der Waals surface area contributed by atoms with Gasteiger partial charge in [0.15, 0.2) is 0 Å². The summed E-state index contributed by atoms with van der Waals surface area (Å²) in [5.41, 5.74) is -1.23. The zero-order valence-corrected chi connectivity index (χ0v) is 12.3. The first kappa shape index (κ1) is 13.1. The number of allylic oxidation sites excluding steroid dienone is 1. The van der Waals surface area contributed by atoms with E-state index in [0.717, 1.165) is 6.42 Å². The number of amides is 2. The number of fused-ring (bicyclic) bond motifs is 1. The van der Waals surface area contributed by atoms with Gasteiger partial charge >= 0.3 is 0 Å². The quantitative estimate of drug-likeness (QED) is 0.787. The van der Waals surface area contributed by atoms with Crippen molar-refractivity contribution < 1.29 is 14.3 Å². The molecular weight excluding hydrogens is 268 g/mol. The lowest BCUT2D eigenvalue weighted by Gasteiger charge is -2.66. The Kier molecular flexibility index (Phi) is 2.47. The van der Waals surface area contributed by atoms with Crippen LogP contribution in [0, 0.1) is 23.2 Å². The largest absolute Gasteiger partial charge is 0.374 e. The smallest absolute Gasteiger partial charge is 0.244 e. The van der Waals surface area contributed by atoms with Gasteiger partial charge in [0.1, 0.15) is 5.41 Å². The van der Waals surface area contributed by atoms with E-state index < -0.39 is 11.0 Å². The van der Waals surface area contributed by atoms with Crippen LogP contribution in [0.3, 0.4) is 0 Å². The molecule has 0 radical (unpaired) electrons. The molecule has 112 valence electrons. The zero-order valence-electron chi connectivity index (χ0n) is 12.3. The van der Waals surface area contributed by atoms with Gasteiger partial charge in [0.2, 0.25) is 11.8 Å². The molecule has 2 spiro atoms. The van der Waals surface area contributed by atoms with Gasteiger partial charge in [-0.3, -0.25) is 9.59 Å². The summed E-state index contributed by atoms with van der Waals surface area (Å²) in [5, 5.41) is 5.94. The Hall–Kier alpha value is -1.62. The van der Waals surface area contributed by atoms with Crippen molar-refractivity contribution in [3.63, 3.8) is 0 Å². The summed E-state index contributed by atoms with van der Waals surface area (Å²) in [6.07, 6.45) is 8.06. The van der Waals surface area contributed by atoms with Crippen LogP contribution in [-0.2, 0) is 14.3 Å². The van der Waals surface area contributed by atoms with Gasteiger partial charge in [-0.1, -0.05) is 26.0 Å². The molecule has 2 fully saturated rings. The summed E-state index contributed by atoms with van der Waals surface area (Å²) in [4.78, 5) is 24.6. The molecule has 4 rings (SSSR count). The Morgan fingerprint density at radius 3 is 2.90 bits per heavy atom. The highest BCUT2D eigenvalue weighted by Crippen LogP contribution is 2.67. The summed E-state index contributed by atoms with van der Waals surface area (Å²) in [6.45, 7) is 4.66. The SMILES string of the molecule is CC(C)C[C@H]1OC[C@@]23C(=O)NC=C[C@@H]2[C@@H]2C=CC(=O)N[C@@]123. The summed E-state index contributed by atoms with van der Waals surface area (Å²) >= 11 is 0. The number of ether oxygens (including phenoxy) is 1. The van der Waals surface area contributed by atoms with Crippen LogP contribution in [-0.4, -0.2) is 30.1 Å². The maximum Gasteiger partial charge on any atom is 0.244 e. The van der Waals surface area contributed by atoms with E-state index in [0.29, 0.717) is 12.5 Å². The third kappa shape index (κ3) is 1.31. The molecule has 1 saturated heterocycles. The first-order chi connectivity index (χ1) is 10.0. The van der Waals surface area contributed by atoms with Gasteiger partial charge in [-0.2, -0.15) is 0 Å². The standard InChI is InChI=1S/C16H20N2O3/c1-9(2)7-12-16-11(3-4-13(19)18-16)10-5-6-17-14(20)15(10,16)8-21-12/h3-6,9-12H,7-8H2,1-2H3,(H,17,20)(H,18,19)/t10-,11+,12-,15+,16-/m1/s1. The third-order valence-electron chi connectivity index (χ3n) is 5.63. The predicted molar refractivity (Wildman–Crippen MR) is 75.9 cm³/mol. The molecule has 3 heterocycles. The van der Waals surface area contributed by atoms with Crippen LogP contribution in [0.25, 0.3) is 0 Å². The lowest BCUT2D eigenvalue weighted by molar-refractivity contribution is -0.164. The van der Waals surface area contributed by atoms with E-state index in [9.17, 15) is 9.59 Å². The first-order valence-corrected chi connectivity index (χ1v) is 7.62. The topological polar surface area (TPSA) is 67.4 Å². The highest BCUT2D eigenvalue weighted by atomic mass is 16.5. The maximum absolute atomic E-state index is 12.6. The minimum atomic E-state index is -0.646. The molecule has 5 heteroatoms. The van der Waals surface area contributed by atoms with Gasteiger partial charge in [-0.25, -0.2) is 0 Å². The molecule has 4 aliphatic rings. The predicted octanol–water partition coefficient (Wildman–Crippen LogP) is 0.732. The lowest BCUT2D eigenvalue weighted by Crippen LogP contribution is -2.83. The average Bonchev–Trinajstić information content (AvgIpc) is 2.63. The van der Waals surface area contributed by atoms with Gasteiger partial charge in [0.05, 0.1) is 18.2 Å². The van der Waals surface area contributed by atoms with Gasteiger partial charge in [-0.15, -0.1) is 0 Å². The Labute approximate surface area is 123 Å². The molecule has 0 unspecified atom stereocenters. The van der Waals surface area contributed by atoms with Crippen LogP contribution in [0.1, 0.15) is 20.3 Å². The van der Waals surface area contributed by atoms with Crippen molar-refractivity contribution in [2.75, 3.05) is 6.61 Å². The fourth-order valence-corrected chi connectivity index (χ4v) is 4.86. The van der Waals surface area contributed by atoms with Crippen molar-refractivity contribution in [2.24, 2.45) is 23.2 Å². The summed E-state index contributed by atoms with van der Waals surface area (Å²) in [6, 6.07) is 0. The Balaban J connectivity index is 1.84. The zero-order chi connectivity index (χ0) is 14.8. The van der Waals surface area contributed by atoms with Crippen molar-refractivity contribution in [3.8, 4) is 0 Å². The third-order valence-corrected chi connectivity index (χ3v) is 5.63. The second-order valence-corrected chi connectivity index (χ2v) is 7.00. The molecule has 0 bridgehead atoms. The first-order valence-electron chi connectivity index (χ1n) is 7.62. The molecule has 3 aliphatic heterocycles. The molecule has 5 atom stereocenters. The van der Waals surface area contributed by atoms with Gasteiger partial charge in [0.25, 0.3) is 0 Å². The van der Waals surface area contributed by atoms with Crippen molar-refractivity contribution in [1.82, 2.24) is 10.6 Å². The number of carbonyl (C=O) groups excluding carboxylic acids is 2. The summed E-state index contributed by atoms with van der Waals surface area (Å²) in [5.74, 6) is 0.562. The van der Waals surface area contributed by atoms with Crippen LogP contribution < -0.4 is 10.6 Å². The highest BCUT2D eigenvalue weighted by Gasteiger charge is 2.81. The Bertz CT molecular complexity index is 582. The number of hydrogen-bond donors (Lipinski definition) is 2. The minimum absolute atomic E-state index is 0.0203. The van der Waals surface area contributed by atoms with Gasteiger partial charge in [0, 0.05) is 18.0 Å². The molecule has 0 aromatic carbocycles. The highest BCUT2D eigenvalue weighted by molar-refractivity contribution is 5.95. The molecule has 5 nitrogen and oxygen atoms in total. The van der Waals surface area contributed by atoms with Crippen LogP contribution in [0.2, 0.25) is 0 Å². The van der Waals surface area contributed by atoms with Crippen molar-refractivity contribution >= 4 is 11.8 Å². The lowest BCUT2D eigenvalue weighted by atomic mass is 9.40. The Morgan fingerprint density at radius 1 is 1.33 bits per heavy atom. The van der Waals surface area contributed by atoms with E-state index in [2.05, 4.69) is 24.5 Å². The van der Waals surface area contributed by atoms with Crippen molar-refractivity contribution in [3.05, 3.63) is 24.4 Å². The van der Waals surface area contributed by atoms with Crippen LogP contribution in [0.5, 0.6) is 0 Å². The van der Waals surface area contributed by atoms with Crippen molar-refractivity contribution in [1.29, 1.82) is 0 Å². The maximum atomic E-state index is 12.6. The van der Waals surface area contributed by atoms with Gasteiger partial charge < -0.3 is 15.4 Å². The van der Waals surface area contributed by atoms with E-state index in [-0.39, 0.29) is 29.8 Å². The van der Waals surface area contributed by atoms with Gasteiger partial charge in [-0.05, 0) is 18.4 Å². The fraction of sp³-hybridized carbons (Fsp3) is 0.625. The second kappa shape index (κ2) is 3.97. The molecule has 0 aromatic rings. The average molecular weight is 288 g/mol. The van der Waals surface area contributed by atoms with Crippen LogP contribution in [0.4, 0.5) is 0 Å².